The number of hydrogen-bond donors (Lipinski definition) is 0. The van der Waals surface area contributed by atoms with Gasteiger partial charge in [-0.25, -0.2) is 0 Å². The summed E-state index contributed by atoms with van der Waals surface area (Å²) in [4.78, 5) is 8.13. The molecule has 3 heteroatoms. The Morgan fingerprint density at radius 3 is 2.00 bits per heavy atom. The monoisotopic (exact) mass is 321 g/mol. The minimum Gasteiger partial charge on any atom is -0.304 e. The van der Waals surface area contributed by atoms with E-state index in [1.165, 1.54) is 91.0 Å². The maximum Gasteiger partial charge on any atom is 0.0110 e. The fourth-order valence-electron chi connectivity index (χ4n) is 4.92. The molecule has 0 unspecified atom stereocenters. The Morgan fingerprint density at radius 2 is 1.48 bits per heavy atom. The van der Waals surface area contributed by atoms with E-state index < -0.39 is 0 Å². The van der Waals surface area contributed by atoms with Gasteiger partial charge in [0.15, 0.2) is 0 Å². The van der Waals surface area contributed by atoms with Crippen molar-refractivity contribution in [1.82, 2.24) is 14.7 Å². The predicted molar refractivity (Wildman–Crippen MR) is 98.8 cm³/mol. The Bertz CT molecular complexity index is 348. The van der Waals surface area contributed by atoms with E-state index in [0.29, 0.717) is 5.41 Å². The predicted octanol–water partition coefficient (Wildman–Crippen LogP) is 3.16. The van der Waals surface area contributed by atoms with Gasteiger partial charge in [-0.3, -0.25) is 0 Å². The van der Waals surface area contributed by atoms with Crippen LogP contribution in [0.3, 0.4) is 0 Å². The molecule has 1 aliphatic carbocycles. The van der Waals surface area contributed by atoms with E-state index in [-0.39, 0.29) is 0 Å². The summed E-state index contributed by atoms with van der Waals surface area (Å²) in [7, 11) is 0. The fourth-order valence-corrected chi connectivity index (χ4v) is 4.92. The molecule has 0 aromatic rings. The number of piperidine rings is 1. The molecule has 134 valence electrons. The summed E-state index contributed by atoms with van der Waals surface area (Å²) in [6.45, 7) is 19.0. The van der Waals surface area contributed by atoms with Crippen molar-refractivity contribution in [2.45, 2.75) is 52.9 Å². The second-order valence-electron chi connectivity index (χ2n) is 9.05. The van der Waals surface area contributed by atoms with Crippen molar-refractivity contribution < 1.29 is 0 Å². The van der Waals surface area contributed by atoms with Crippen LogP contribution in [0.2, 0.25) is 0 Å². The quantitative estimate of drug-likeness (QED) is 0.713. The van der Waals surface area contributed by atoms with Crippen LogP contribution < -0.4 is 0 Å². The number of nitrogens with zero attached hydrogens (tertiary/aromatic N) is 3. The van der Waals surface area contributed by atoms with E-state index >= 15 is 0 Å². The zero-order valence-electron chi connectivity index (χ0n) is 15.9. The number of hydrogen-bond acceptors (Lipinski definition) is 3. The van der Waals surface area contributed by atoms with Crippen LogP contribution in [0.25, 0.3) is 0 Å². The molecule has 0 amide bonds. The summed E-state index contributed by atoms with van der Waals surface area (Å²) in [5.74, 6) is 1.83. The maximum absolute atomic E-state index is 2.77. The smallest absolute Gasteiger partial charge is 0.0110 e. The lowest BCUT2D eigenvalue weighted by molar-refractivity contribution is 0.0826. The minimum atomic E-state index is 0.712. The zero-order valence-corrected chi connectivity index (χ0v) is 15.9. The van der Waals surface area contributed by atoms with Crippen LogP contribution in [0, 0.1) is 17.3 Å². The first-order valence-electron chi connectivity index (χ1n) is 10.3. The maximum atomic E-state index is 2.77. The van der Waals surface area contributed by atoms with Gasteiger partial charge in [0.25, 0.3) is 0 Å². The van der Waals surface area contributed by atoms with E-state index in [9.17, 15) is 0 Å². The lowest BCUT2D eigenvalue weighted by Gasteiger charge is -2.40. The SMILES string of the molecule is CCN1CCC(CN2CCN(CC3(CC(C)C)CC3)CC2)CC1. The van der Waals surface area contributed by atoms with Gasteiger partial charge in [-0.1, -0.05) is 20.8 Å². The van der Waals surface area contributed by atoms with Gasteiger partial charge in [-0.2, -0.15) is 0 Å². The Morgan fingerprint density at radius 1 is 0.870 bits per heavy atom. The average molecular weight is 322 g/mol. The molecular weight excluding hydrogens is 282 g/mol. The molecule has 0 aromatic carbocycles. The van der Waals surface area contributed by atoms with Crippen molar-refractivity contribution in [1.29, 1.82) is 0 Å². The Balaban J connectivity index is 1.34. The normalized spacial score (nSPS) is 27.7. The molecule has 0 radical (unpaired) electrons. The van der Waals surface area contributed by atoms with Crippen molar-refractivity contribution in [3.63, 3.8) is 0 Å². The standard InChI is InChI=1S/C20H39N3/c1-4-21-9-5-19(6-10-21)16-22-11-13-23(14-12-22)17-20(7-8-20)15-18(2)3/h18-19H,4-17H2,1-3H3. The highest BCUT2D eigenvalue weighted by atomic mass is 15.3. The summed E-state index contributed by atoms with van der Waals surface area (Å²) in [5, 5.41) is 0. The molecule has 3 aliphatic rings. The van der Waals surface area contributed by atoms with Crippen molar-refractivity contribution in [3.8, 4) is 0 Å². The molecule has 0 bridgehead atoms. The van der Waals surface area contributed by atoms with Crippen molar-refractivity contribution in [2.75, 3.05) is 58.9 Å². The lowest BCUT2D eigenvalue weighted by Crippen LogP contribution is -2.50. The summed E-state index contributed by atoms with van der Waals surface area (Å²) >= 11 is 0. The Labute approximate surface area is 144 Å². The second-order valence-corrected chi connectivity index (χ2v) is 9.05. The van der Waals surface area contributed by atoms with E-state index in [2.05, 4.69) is 35.5 Å². The van der Waals surface area contributed by atoms with Gasteiger partial charge in [0.1, 0.15) is 0 Å². The third-order valence-corrected chi connectivity index (χ3v) is 6.49. The van der Waals surface area contributed by atoms with Crippen molar-refractivity contribution >= 4 is 0 Å². The van der Waals surface area contributed by atoms with E-state index in [1.807, 2.05) is 0 Å². The third-order valence-electron chi connectivity index (χ3n) is 6.49. The zero-order chi connectivity index (χ0) is 16.3. The molecule has 0 N–H and O–H groups in total. The molecule has 1 saturated carbocycles. The van der Waals surface area contributed by atoms with Crippen molar-refractivity contribution in [3.05, 3.63) is 0 Å². The first-order chi connectivity index (χ1) is 11.1. The summed E-state index contributed by atoms with van der Waals surface area (Å²) in [6, 6.07) is 0. The molecule has 3 rings (SSSR count). The van der Waals surface area contributed by atoms with E-state index in [0.717, 1.165) is 11.8 Å². The second kappa shape index (κ2) is 7.84. The van der Waals surface area contributed by atoms with Crippen molar-refractivity contribution in [2.24, 2.45) is 17.3 Å². The van der Waals surface area contributed by atoms with Crippen LogP contribution >= 0.6 is 0 Å². The summed E-state index contributed by atoms with van der Waals surface area (Å²) in [6.07, 6.45) is 7.27. The van der Waals surface area contributed by atoms with Gasteiger partial charge in [0, 0.05) is 39.3 Å². The molecule has 0 aromatic heterocycles. The first-order valence-corrected chi connectivity index (χ1v) is 10.3. The lowest BCUT2D eigenvalue weighted by atomic mass is 9.93. The third kappa shape index (κ3) is 5.17. The molecule has 0 spiro atoms. The Kier molecular flexibility index (Phi) is 6.03. The topological polar surface area (TPSA) is 9.72 Å². The molecule has 2 saturated heterocycles. The highest BCUT2D eigenvalue weighted by Crippen LogP contribution is 2.51. The summed E-state index contributed by atoms with van der Waals surface area (Å²) < 4.78 is 0. The molecule has 3 nitrogen and oxygen atoms in total. The van der Waals surface area contributed by atoms with Crippen LogP contribution in [0.5, 0.6) is 0 Å². The van der Waals surface area contributed by atoms with Crippen LogP contribution in [0.15, 0.2) is 0 Å². The van der Waals surface area contributed by atoms with Crippen LogP contribution in [-0.4, -0.2) is 73.6 Å². The number of rotatable bonds is 7. The highest BCUT2D eigenvalue weighted by molar-refractivity contribution is 4.96. The van der Waals surface area contributed by atoms with Gasteiger partial charge in [-0.15, -0.1) is 0 Å². The van der Waals surface area contributed by atoms with E-state index in [1.54, 1.807) is 0 Å². The Hall–Kier alpha value is -0.120. The van der Waals surface area contributed by atoms with E-state index in [4.69, 9.17) is 0 Å². The molecule has 23 heavy (non-hydrogen) atoms. The fraction of sp³-hybridized carbons (Fsp3) is 1.00. The van der Waals surface area contributed by atoms with Gasteiger partial charge in [0.05, 0.1) is 0 Å². The van der Waals surface area contributed by atoms with Crippen LogP contribution in [-0.2, 0) is 0 Å². The summed E-state index contributed by atoms with van der Waals surface area (Å²) in [5.41, 5.74) is 0.712. The minimum absolute atomic E-state index is 0.712. The molecular formula is C20H39N3. The van der Waals surface area contributed by atoms with Gasteiger partial charge in [0.2, 0.25) is 0 Å². The number of piperazine rings is 1. The molecule has 2 heterocycles. The van der Waals surface area contributed by atoms with Crippen LogP contribution in [0.1, 0.15) is 52.9 Å². The van der Waals surface area contributed by atoms with Gasteiger partial charge < -0.3 is 14.7 Å². The highest BCUT2D eigenvalue weighted by Gasteiger charge is 2.44. The molecule has 0 atom stereocenters. The number of likely N-dealkylation sites (tertiary alicyclic amines) is 1. The van der Waals surface area contributed by atoms with Crippen LogP contribution in [0.4, 0.5) is 0 Å². The largest absolute Gasteiger partial charge is 0.304 e. The van der Waals surface area contributed by atoms with Gasteiger partial charge in [-0.05, 0) is 69.0 Å². The molecule has 2 aliphatic heterocycles. The van der Waals surface area contributed by atoms with Gasteiger partial charge >= 0.3 is 0 Å². The molecule has 3 fully saturated rings. The average Bonchev–Trinajstić information content (AvgIpc) is 3.28. The first kappa shape index (κ1) is 17.7.